The molecule has 0 amide bonds. The SMILES string of the molecule is N#Cc1cccc(NC(=S)Nc2ccco2)c1. The van der Waals surface area contributed by atoms with Gasteiger partial charge in [-0.05, 0) is 36.5 Å². The molecule has 1 aromatic heterocycles. The zero-order valence-electron chi connectivity index (χ0n) is 8.81. The Morgan fingerprint density at radius 2 is 2.12 bits per heavy atom. The summed E-state index contributed by atoms with van der Waals surface area (Å²) in [5, 5.41) is 15.0. The minimum atomic E-state index is 0.412. The second kappa shape index (κ2) is 5.14. The first-order valence-electron chi connectivity index (χ1n) is 4.89. The number of nitrogens with one attached hydrogen (secondary N) is 2. The second-order valence-electron chi connectivity index (χ2n) is 3.25. The topological polar surface area (TPSA) is 61.0 Å². The lowest BCUT2D eigenvalue weighted by Gasteiger charge is -2.08. The molecule has 0 bridgehead atoms. The monoisotopic (exact) mass is 243 g/mol. The van der Waals surface area contributed by atoms with Crippen LogP contribution in [0.25, 0.3) is 0 Å². The van der Waals surface area contributed by atoms with Gasteiger partial charge in [-0.3, -0.25) is 0 Å². The predicted octanol–water partition coefficient (Wildman–Crippen LogP) is 2.96. The second-order valence-corrected chi connectivity index (χ2v) is 3.66. The van der Waals surface area contributed by atoms with Gasteiger partial charge in [0.25, 0.3) is 0 Å². The molecule has 2 aromatic rings. The molecule has 0 spiro atoms. The van der Waals surface area contributed by atoms with Gasteiger partial charge in [-0.1, -0.05) is 6.07 Å². The molecule has 0 saturated heterocycles. The maximum absolute atomic E-state index is 8.76. The van der Waals surface area contributed by atoms with Crippen molar-refractivity contribution in [2.45, 2.75) is 0 Å². The average molecular weight is 243 g/mol. The van der Waals surface area contributed by atoms with E-state index in [2.05, 4.69) is 16.7 Å². The van der Waals surface area contributed by atoms with E-state index in [1.54, 1.807) is 36.6 Å². The van der Waals surface area contributed by atoms with Crippen LogP contribution in [0.5, 0.6) is 0 Å². The Hall–Kier alpha value is -2.32. The van der Waals surface area contributed by atoms with E-state index in [1.165, 1.54) is 0 Å². The molecule has 0 atom stereocenters. The average Bonchev–Trinajstić information content (AvgIpc) is 2.82. The van der Waals surface area contributed by atoms with Gasteiger partial charge in [-0.25, -0.2) is 0 Å². The van der Waals surface area contributed by atoms with Crippen molar-refractivity contribution in [2.75, 3.05) is 10.6 Å². The highest BCUT2D eigenvalue weighted by Gasteiger charge is 2.01. The summed E-state index contributed by atoms with van der Waals surface area (Å²) >= 11 is 5.10. The van der Waals surface area contributed by atoms with Crippen molar-refractivity contribution in [1.29, 1.82) is 5.26 Å². The fraction of sp³-hybridized carbons (Fsp3) is 0. The number of hydrogen-bond donors (Lipinski definition) is 2. The van der Waals surface area contributed by atoms with E-state index in [1.807, 2.05) is 6.07 Å². The Bertz CT molecular complexity index is 557. The highest BCUT2D eigenvalue weighted by atomic mass is 32.1. The molecule has 1 aromatic carbocycles. The normalized spacial score (nSPS) is 9.35. The van der Waals surface area contributed by atoms with E-state index in [0.29, 0.717) is 16.6 Å². The molecule has 0 aliphatic carbocycles. The molecular formula is C12H9N3OS. The minimum absolute atomic E-state index is 0.412. The molecule has 4 nitrogen and oxygen atoms in total. The predicted molar refractivity (Wildman–Crippen MR) is 69.7 cm³/mol. The minimum Gasteiger partial charge on any atom is -0.449 e. The van der Waals surface area contributed by atoms with Gasteiger partial charge in [0, 0.05) is 11.8 Å². The first-order chi connectivity index (χ1) is 8.28. The van der Waals surface area contributed by atoms with Crippen molar-refractivity contribution in [3.8, 4) is 6.07 Å². The number of anilines is 2. The Morgan fingerprint density at radius 3 is 2.82 bits per heavy atom. The molecule has 84 valence electrons. The number of nitriles is 1. The summed E-state index contributed by atoms with van der Waals surface area (Å²) in [5.74, 6) is 0.568. The molecule has 2 N–H and O–H groups in total. The van der Waals surface area contributed by atoms with E-state index in [4.69, 9.17) is 21.9 Å². The number of benzene rings is 1. The number of furan rings is 1. The highest BCUT2D eigenvalue weighted by Crippen LogP contribution is 2.11. The van der Waals surface area contributed by atoms with Crippen LogP contribution in [0.3, 0.4) is 0 Å². The number of nitrogens with zero attached hydrogens (tertiary/aromatic N) is 1. The van der Waals surface area contributed by atoms with Gasteiger partial charge >= 0.3 is 0 Å². The lowest BCUT2D eigenvalue weighted by Crippen LogP contribution is -2.18. The first kappa shape index (κ1) is 11.2. The largest absolute Gasteiger partial charge is 0.449 e. The van der Waals surface area contributed by atoms with Crippen LogP contribution in [0.15, 0.2) is 47.1 Å². The fourth-order valence-corrected chi connectivity index (χ4v) is 1.51. The van der Waals surface area contributed by atoms with Crippen LogP contribution in [-0.4, -0.2) is 5.11 Å². The van der Waals surface area contributed by atoms with Crippen molar-refractivity contribution in [3.63, 3.8) is 0 Å². The highest BCUT2D eigenvalue weighted by molar-refractivity contribution is 7.80. The molecule has 0 saturated carbocycles. The smallest absolute Gasteiger partial charge is 0.198 e. The summed E-state index contributed by atoms with van der Waals surface area (Å²) in [6.45, 7) is 0. The summed E-state index contributed by atoms with van der Waals surface area (Å²) in [4.78, 5) is 0. The van der Waals surface area contributed by atoms with E-state index in [0.717, 1.165) is 5.69 Å². The summed E-state index contributed by atoms with van der Waals surface area (Å²) < 4.78 is 5.10. The molecule has 0 fully saturated rings. The summed E-state index contributed by atoms with van der Waals surface area (Å²) in [5.41, 5.74) is 1.34. The molecule has 2 rings (SSSR count). The lowest BCUT2D eigenvalue weighted by molar-refractivity contribution is 0.586. The van der Waals surface area contributed by atoms with Gasteiger partial charge < -0.3 is 15.1 Å². The Labute approximate surface area is 104 Å². The van der Waals surface area contributed by atoms with Crippen LogP contribution in [-0.2, 0) is 0 Å². The van der Waals surface area contributed by atoms with Gasteiger partial charge in [0.05, 0.1) is 17.9 Å². The van der Waals surface area contributed by atoms with Gasteiger partial charge in [0.2, 0.25) is 0 Å². The quantitative estimate of drug-likeness (QED) is 0.794. The van der Waals surface area contributed by atoms with E-state index < -0.39 is 0 Å². The van der Waals surface area contributed by atoms with Gasteiger partial charge in [0.1, 0.15) is 0 Å². The van der Waals surface area contributed by atoms with Crippen molar-refractivity contribution >= 4 is 28.9 Å². The molecule has 0 aliphatic rings. The molecule has 0 aliphatic heterocycles. The Balaban J connectivity index is 2.01. The molecule has 17 heavy (non-hydrogen) atoms. The number of rotatable bonds is 2. The van der Waals surface area contributed by atoms with Crippen LogP contribution in [0.4, 0.5) is 11.6 Å². The van der Waals surface area contributed by atoms with Crippen LogP contribution >= 0.6 is 12.2 Å². The van der Waals surface area contributed by atoms with Crippen LogP contribution in [0.2, 0.25) is 0 Å². The third kappa shape index (κ3) is 3.06. The number of hydrogen-bond acceptors (Lipinski definition) is 3. The maximum Gasteiger partial charge on any atom is 0.198 e. The molecule has 1 heterocycles. The molecule has 0 unspecified atom stereocenters. The van der Waals surface area contributed by atoms with Crippen LogP contribution in [0.1, 0.15) is 5.56 Å². The van der Waals surface area contributed by atoms with Crippen molar-refractivity contribution in [1.82, 2.24) is 0 Å². The molecular weight excluding hydrogens is 234 g/mol. The van der Waals surface area contributed by atoms with Crippen molar-refractivity contribution in [2.24, 2.45) is 0 Å². The Kier molecular flexibility index (Phi) is 3.38. The van der Waals surface area contributed by atoms with E-state index in [9.17, 15) is 0 Å². The zero-order chi connectivity index (χ0) is 12.1. The van der Waals surface area contributed by atoms with Gasteiger partial charge in [-0.15, -0.1) is 0 Å². The van der Waals surface area contributed by atoms with Crippen molar-refractivity contribution < 1.29 is 4.42 Å². The third-order valence-electron chi connectivity index (χ3n) is 2.01. The maximum atomic E-state index is 8.76. The lowest BCUT2D eigenvalue weighted by atomic mass is 10.2. The van der Waals surface area contributed by atoms with Gasteiger partial charge in [0.15, 0.2) is 11.0 Å². The van der Waals surface area contributed by atoms with E-state index in [-0.39, 0.29) is 0 Å². The summed E-state index contributed by atoms with van der Waals surface area (Å²) in [6, 6.07) is 12.7. The van der Waals surface area contributed by atoms with Gasteiger partial charge in [-0.2, -0.15) is 5.26 Å². The number of thiocarbonyl (C=S) groups is 1. The third-order valence-corrected chi connectivity index (χ3v) is 2.21. The summed E-state index contributed by atoms with van der Waals surface area (Å²) in [7, 11) is 0. The standard InChI is InChI=1S/C12H9N3OS/c13-8-9-3-1-4-10(7-9)14-12(17)15-11-5-2-6-16-11/h1-7H,(H2,14,15,17). The molecule has 5 heteroatoms. The zero-order valence-corrected chi connectivity index (χ0v) is 9.62. The first-order valence-corrected chi connectivity index (χ1v) is 5.30. The Morgan fingerprint density at radius 1 is 1.24 bits per heavy atom. The van der Waals surface area contributed by atoms with Crippen molar-refractivity contribution in [3.05, 3.63) is 48.2 Å². The molecule has 0 radical (unpaired) electrons. The van der Waals surface area contributed by atoms with Crippen LogP contribution in [0, 0.1) is 11.3 Å². The van der Waals surface area contributed by atoms with Crippen LogP contribution < -0.4 is 10.6 Å². The summed E-state index contributed by atoms with van der Waals surface area (Å²) in [6.07, 6.45) is 1.56. The van der Waals surface area contributed by atoms with E-state index >= 15 is 0 Å². The fourth-order valence-electron chi connectivity index (χ4n) is 1.29.